The molecule has 1 saturated heterocycles. The standard InChI is InChI=1S/C18H14FN3O2S/c19-12-5-7-13(8-6-12)22-10-11(9-16(22)23)17(24)21-18-20-14-3-1-2-4-15(14)25-18/h1-8,11H,9-10H2,(H,20,21,24)/t11-/m0/s1. The number of halogens is 1. The molecule has 0 spiro atoms. The Morgan fingerprint density at radius 3 is 2.72 bits per heavy atom. The Labute approximate surface area is 147 Å². The van der Waals surface area contributed by atoms with E-state index in [1.807, 2.05) is 24.3 Å². The Kier molecular flexibility index (Phi) is 3.93. The van der Waals surface area contributed by atoms with Gasteiger partial charge in [-0.2, -0.15) is 0 Å². The number of fused-ring (bicyclic) bond motifs is 1. The number of aromatic nitrogens is 1. The van der Waals surface area contributed by atoms with Gasteiger partial charge in [0.15, 0.2) is 5.13 Å². The van der Waals surface area contributed by atoms with E-state index in [1.165, 1.54) is 28.4 Å². The van der Waals surface area contributed by atoms with Gasteiger partial charge < -0.3 is 10.2 Å². The quantitative estimate of drug-likeness (QED) is 0.783. The number of rotatable bonds is 3. The molecule has 25 heavy (non-hydrogen) atoms. The zero-order valence-electron chi connectivity index (χ0n) is 13.1. The Hall–Kier alpha value is -2.80. The summed E-state index contributed by atoms with van der Waals surface area (Å²) in [5.41, 5.74) is 1.43. The van der Waals surface area contributed by atoms with E-state index < -0.39 is 5.92 Å². The van der Waals surface area contributed by atoms with Gasteiger partial charge in [-0.15, -0.1) is 0 Å². The number of carbonyl (C=O) groups excluding carboxylic acids is 2. The van der Waals surface area contributed by atoms with Crippen LogP contribution in [0.3, 0.4) is 0 Å². The van der Waals surface area contributed by atoms with Crippen molar-refractivity contribution < 1.29 is 14.0 Å². The van der Waals surface area contributed by atoms with Crippen molar-refractivity contribution in [3.63, 3.8) is 0 Å². The van der Waals surface area contributed by atoms with Crippen molar-refractivity contribution in [2.24, 2.45) is 5.92 Å². The summed E-state index contributed by atoms with van der Waals surface area (Å²) in [4.78, 5) is 30.6. The number of benzene rings is 2. The molecule has 4 rings (SSSR count). The molecule has 1 aromatic heterocycles. The van der Waals surface area contributed by atoms with E-state index in [1.54, 1.807) is 12.1 Å². The highest BCUT2D eigenvalue weighted by molar-refractivity contribution is 7.22. The highest BCUT2D eigenvalue weighted by Crippen LogP contribution is 2.29. The maximum Gasteiger partial charge on any atom is 0.231 e. The van der Waals surface area contributed by atoms with E-state index in [-0.39, 0.29) is 30.6 Å². The second kappa shape index (κ2) is 6.25. The van der Waals surface area contributed by atoms with Crippen molar-refractivity contribution in [2.75, 3.05) is 16.8 Å². The molecule has 5 nitrogen and oxygen atoms in total. The van der Waals surface area contributed by atoms with Crippen molar-refractivity contribution in [2.45, 2.75) is 6.42 Å². The Morgan fingerprint density at radius 2 is 1.96 bits per heavy atom. The zero-order chi connectivity index (χ0) is 17.4. The zero-order valence-corrected chi connectivity index (χ0v) is 13.9. The minimum absolute atomic E-state index is 0.133. The van der Waals surface area contributed by atoms with Crippen molar-refractivity contribution in [1.82, 2.24) is 4.98 Å². The van der Waals surface area contributed by atoms with E-state index in [4.69, 9.17) is 0 Å². The lowest BCUT2D eigenvalue weighted by Crippen LogP contribution is -2.28. The molecule has 0 saturated carbocycles. The Bertz CT molecular complexity index is 921. The number of hydrogen-bond donors (Lipinski definition) is 1. The van der Waals surface area contributed by atoms with Gasteiger partial charge in [-0.25, -0.2) is 9.37 Å². The van der Waals surface area contributed by atoms with Crippen LogP contribution in [-0.4, -0.2) is 23.3 Å². The molecule has 0 radical (unpaired) electrons. The predicted molar refractivity (Wildman–Crippen MR) is 95.1 cm³/mol. The maximum absolute atomic E-state index is 13.0. The first-order valence-corrected chi connectivity index (χ1v) is 8.64. The molecule has 7 heteroatoms. The number of carbonyl (C=O) groups is 2. The van der Waals surface area contributed by atoms with Gasteiger partial charge in [-0.3, -0.25) is 9.59 Å². The van der Waals surface area contributed by atoms with Crippen molar-refractivity contribution >= 4 is 44.2 Å². The van der Waals surface area contributed by atoms with E-state index >= 15 is 0 Å². The Balaban J connectivity index is 1.47. The van der Waals surface area contributed by atoms with Crippen molar-refractivity contribution in [1.29, 1.82) is 0 Å². The fraction of sp³-hybridized carbons (Fsp3) is 0.167. The van der Waals surface area contributed by atoms with Crippen LogP contribution in [0.5, 0.6) is 0 Å². The third-order valence-electron chi connectivity index (χ3n) is 4.16. The molecule has 126 valence electrons. The van der Waals surface area contributed by atoms with Gasteiger partial charge in [0.1, 0.15) is 5.82 Å². The van der Waals surface area contributed by atoms with Crippen LogP contribution in [0.1, 0.15) is 6.42 Å². The summed E-state index contributed by atoms with van der Waals surface area (Å²) in [5.74, 6) is -1.18. The van der Waals surface area contributed by atoms with Gasteiger partial charge in [0.2, 0.25) is 11.8 Å². The normalized spacial score (nSPS) is 17.2. The fourth-order valence-corrected chi connectivity index (χ4v) is 3.76. The van der Waals surface area contributed by atoms with Gasteiger partial charge in [0, 0.05) is 18.7 Å². The number of nitrogens with zero attached hydrogens (tertiary/aromatic N) is 2. The van der Waals surface area contributed by atoms with Crippen LogP contribution in [0.4, 0.5) is 15.2 Å². The fourth-order valence-electron chi connectivity index (χ4n) is 2.89. The number of para-hydroxylation sites is 1. The molecule has 2 amide bonds. The number of nitrogens with one attached hydrogen (secondary N) is 1. The molecule has 1 atom stereocenters. The summed E-state index contributed by atoms with van der Waals surface area (Å²) in [5, 5.41) is 3.33. The summed E-state index contributed by atoms with van der Waals surface area (Å²) >= 11 is 1.40. The van der Waals surface area contributed by atoms with Crippen LogP contribution in [0.2, 0.25) is 0 Å². The molecular formula is C18H14FN3O2S. The molecule has 0 unspecified atom stereocenters. The summed E-state index contributed by atoms with van der Waals surface area (Å²) < 4.78 is 14.0. The third-order valence-corrected chi connectivity index (χ3v) is 5.11. The van der Waals surface area contributed by atoms with E-state index in [2.05, 4.69) is 10.3 Å². The van der Waals surface area contributed by atoms with Gasteiger partial charge in [0.25, 0.3) is 0 Å². The number of anilines is 2. The average Bonchev–Trinajstić information content (AvgIpc) is 3.18. The van der Waals surface area contributed by atoms with Crippen LogP contribution in [0.15, 0.2) is 48.5 Å². The SMILES string of the molecule is O=C(Nc1nc2ccccc2s1)[C@H]1CC(=O)N(c2ccc(F)cc2)C1. The third kappa shape index (κ3) is 3.10. The van der Waals surface area contributed by atoms with Crippen LogP contribution < -0.4 is 10.2 Å². The molecular weight excluding hydrogens is 341 g/mol. The minimum Gasteiger partial charge on any atom is -0.312 e. The van der Waals surface area contributed by atoms with E-state index in [0.29, 0.717) is 10.8 Å². The minimum atomic E-state index is -0.454. The topological polar surface area (TPSA) is 62.3 Å². The van der Waals surface area contributed by atoms with Crippen LogP contribution in [-0.2, 0) is 9.59 Å². The molecule has 2 heterocycles. The second-order valence-corrected chi connectivity index (χ2v) is 6.89. The second-order valence-electron chi connectivity index (χ2n) is 5.86. The average molecular weight is 355 g/mol. The molecule has 1 N–H and O–H groups in total. The monoisotopic (exact) mass is 355 g/mol. The lowest BCUT2D eigenvalue weighted by atomic mass is 10.1. The first kappa shape index (κ1) is 15.7. The molecule has 1 aliphatic heterocycles. The first-order chi connectivity index (χ1) is 12.1. The van der Waals surface area contributed by atoms with Gasteiger partial charge in [0.05, 0.1) is 16.1 Å². The van der Waals surface area contributed by atoms with Crippen LogP contribution >= 0.6 is 11.3 Å². The van der Waals surface area contributed by atoms with Gasteiger partial charge in [-0.05, 0) is 36.4 Å². The highest BCUT2D eigenvalue weighted by atomic mass is 32.1. The molecule has 0 aliphatic carbocycles. The highest BCUT2D eigenvalue weighted by Gasteiger charge is 2.35. The van der Waals surface area contributed by atoms with Gasteiger partial charge >= 0.3 is 0 Å². The summed E-state index contributed by atoms with van der Waals surface area (Å²) in [6, 6.07) is 13.3. The molecule has 3 aromatic rings. The van der Waals surface area contributed by atoms with Crippen LogP contribution in [0.25, 0.3) is 10.2 Å². The van der Waals surface area contributed by atoms with E-state index in [0.717, 1.165) is 10.2 Å². The number of thiazole rings is 1. The first-order valence-electron chi connectivity index (χ1n) is 7.82. The summed E-state index contributed by atoms with van der Waals surface area (Å²) in [7, 11) is 0. The Morgan fingerprint density at radius 1 is 1.20 bits per heavy atom. The number of hydrogen-bond acceptors (Lipinski definition) is 4. The number of amides is 2. The smallest absolute Gasteiger partial charge is 0.231 e. The van der Waals surface area contributed by atoms with E-state index in [9.17, 15) is 14.0 Å². The summed E-state index contributed by atoms with van der Waals surface area (Å²) in [6.45, 7) is 0.279. The van der Waals surface area contributed by atoms with Crippen LogP contribution in [0, 0.1) is 11.7 Å². The lowest BCUT2D eigenvalue weighted by Gasteiger charge is -2.16. The lowest BCUT2D eigenvalue weighted by molar-refractivity contribution is -0.122. The van der Waals surface area contributed by atoms with Crippen molar-refractivity contribution in [3.8, 4) is 0 Å². The summed E-state index contributed by atoms with van der Waals surface area (Å²) in [6.07, 6.45) is 0.133. The van der Waals surface area contributed by atoms with Gasteiger partial charge in [-0.1, -0.05) is 23.5 Å². The maximum atomic E-state index is 13.0. The largest absolute Gasteiger partial charge is 0.312 e. The molecule has 1 fully saturated rings. The molecule has 0 bridgehead atoms. The predicted octanol–water partition coefficient (Wildman–Crippen LogP) is 3.43. The molecule has 1 aliphatic rings. The molecule has 2 aromatic carbocycles. The van der Waals surface area contributed by atoms with Crippen molar-refractivity contribution in [3.05, 3.63) is 54.3 Å².